The first-order valence-electron chi connectivity index (χ1n) is 3.87. The van der Waals surface area contributed by atoms with E-state index in [4.69, 9.17) is 5.73 Å². The van der Waals surface area contributed by atoms with Crippen molar-refractivity contribution in [3.63, 3.8) is 0 Å². The lowest BCUT2D eigenvalue weighted by atomic mass is 10.1. The monoisotopic (exact) mass is 201 g/mol. The fourth-order valence-corrected chi connectivity index (χ4v) is 1.13. The Morgan fingerprint density at radius 1 is 1.77 bits per heavy atom. The first kappa shape index (κ1) is 10.0. The molecule has 1 aromatic heterocycles. The van der Waals surface area contributed by atoms with Crippen LogP contribution in [0.5, 0.6) is 0 Å². The minimum atomic E-state index is -0.100. The molecule has 0 aliphatic heterocycles. The van der Waals surface area contributed by atoms with E-state index in [1.54, 1.807) is 0 Å². The van der Waals surface area contributed by atoms with Crippen LogP contribution >= 0.6 is 11.5 Å². The summed E-state index contributed by atoms with van der Waals surface area (Å²) in [6.45, 7) is 2.42. The van der Waals surface area contributed by atoms with Crippen LogP contribution < -0.4 is 11.1 Å². The van der Waals surface area contributed by atoms with Gasteiger partial charge in [-0.3, -0.25) is 10.1 Å². The summed E-state index contributed by atoms with van der Waals surface area (Å²) in [7, 11) is 0. The van der Waals surface area contributed by atoms with E-state index in [1.165, 1.54) is 0 Å². The summed E-state index contributed by atoms with van der Waals surface area (Å²) in [5.74, 6) is 0.0809. The zero-order valence-electron chi connectivity index (χ0n) is 7.23. The lowest BCUT2D eigenvalue weighted by molar-refractivity contribution is -0.116. The lowest BCUT2D eigenvalue weighted by Gasteiger charge is -2.05. The topological polar surface area (TPSA) is 93.8 Å². The Morgan fingerprint density at radius 3 is 3.08 bits per heavy atom. The highest BCUT2D eigenvalue weighted by Gasteiger charge is 2.09. The minimum Gasteiger partial charge on any atom is -0.330 e. The average Bonchev–Trinajstić information content (AvgIpc) is 2.56. The highest BCUT2D eigenvalue weighted by atomic mass is 32.1. The Bertz CT molecular complexity index is 262. The average molecular weight is 201 g/mol. The van der Waals surface area contributed by atoms with Gasteiger partial charge in [0, 0.05) is 18.0 Å². The summed E-state index contributed by atoms with van der Waals surface area (Å²) in [5.41, 5.74) is 5.38. The number of nitrogens with one attached hydrogen (secondary N) is 1. The zero-order valence-corrected chi connectivity index (χ0v) is 8.04. The summed E-state index contributed by atoms with van der Waals surface area (Å²) in [5, 5.41) is 9.94. The lowest BCUT2D eigenvalue weighted by Crippen LogP contribution is -2.19. The van der Waals surface area contributed by atoms with Gasteiger partial charge in [0.1, 0.15) is 0 Å². The smallest absolute Gasteiger partial charge is 0.231 e. The summed E-state index contributed by atoms with van der Waals surface area (Å²) >= 11 is 1.05. The van der Waals surface area contributed by atoms with Gasteiger partial charge in [0.05, 0.1) is 0 Å². The molecule has 1 unspecified atom stereocenters. The van der Waals surface area contributed by atoms with Gasteiger partial charge in [-0.2, -0.15) is 0 Å². The molecule has 1 amide bonds. The normalized spacial score (nSPS) is 12.5. The van der Waals surface area contributed by atoms with Crippen molar-refractivity contribution in [2.75, 3.05) is 11.9 Å². The third-order valence-electron chi connectivity index (χ3n) is 1.48. The van der Waals surface area contributed by atoms with Crippen molar-refractivity contribution in [1.29, 1.82) is 0 Å². The molecule has 0 saturated heterocycles. The highest BCUT2D eigenvalue weighted by Crippen LogP contribution is 2.07. The van der Waals surface area contributed by atoms with Gasteiger partial charge < -0.3 is 5.73 Å². The van der Waals surface area contributed by atoms with E-state index in [9.17, 15) is 4.79 Å². The number of anilines is 1. The maximum absolute atomic E-state index is 11.2. The fraction of sp³-hybridized carbons (Fsp3) is 0.667. The molecule has 3 N–H and O–H groups in total. The van der Waals surface area contributed by atoms with Gasteiger partial charge in [0.2, 0.25) is 11.0 Å². The van der Waals surface area contributed by atoms with Crippen molar-refractivity contribution in [3.8, 4) is 0 Å². The summed E-state index contributed by atoms with van der Waals surface area (Å²) < 4.78 is 3.52. The van der Waals surface area contributed by atoms with Crippen LogP contribution in [0.3, 0.4) is 0 Å². The van der Waals surface area contributed by atoms with E-state index in [0.29, 0.717) is 18.1 Å². The first-order valence-corrected chi connectivity index (χ1v) is 4.64. The quantitative estimate of drug-likeness (QED) is 0.707. The van der Waals surface area contributed by atoms with Gasteiger partial charge in [-0.05, 0) is 17.7 Å². The number of hydrogen-bond donors (Lipinski definition) is 2. The maximum atomic E-state index is 11.2. The molecule has 0 fully saturated rings. The Kier molecular flexibility index (Phi) is 3.71. The number of carbonyl (C=O) groups is 1. The molecule has 1 rings (SSSR count). The van der Waals surface area contributed by atoms with Crippen molar-refractivity contribution < 1.29 is 4.79 Å². The Hall–Kier alpha value is -1.08. The van der Waals surface area contributed by atoms with E-state index >= 15 is 0 Å². The second-order valence-electron chi connectivity index (χ2n) is 2.76. The van der Waals surface area contributed by atoms with Crippen LogP contribution in [-0.2, 0) is 4.79 Å². The van der Waals surface area contributed by atoms with Gasteiger partial charge in [0.25, 0.3) is 0 Å². The molecule has 1 aromatic rings. The summed E-state index contributed by atoms with van der Waals surface area (Å²) in [6.07, 6.45) is 0.399. The minimum absolute atomic E-state index is 0.100. The Labute approximate surface area is 79.7 Å². The third-order valence-corrected chi connectivity index (χ3v) is 1.99. The van der Waals surface area contributed by atoms with E-state index in [2.05, 4.69) is 20.1 Å². The molecule has 0 radical (unpaired) electrons. The predicted molar refractivity (Wildman–Crippen MR) is 49.2 cm³/mol. The number of aromatic nitrogens is 3. The van der Waals surface area contributed by atoms with Crippen LogP contribution in [0.25, 0.3) is 0 Å². The molecule has 0 bridgehead atoms. The van der Waals surface area contributed by atoms with Gasteiger partial charge in [-0.15, -0.1) is 0 Å². The molecular formula is C6H11N5OS. The van der Waals surface area contributed by atoms with Crippen LogP contribution in [0.2, 0.25) is 0 Å². The van der Waals surface area contributed by atoms with Crippen LogP contribution in [-0.4, -0.2) is 27.3 Å². The molecule has 6 nitrogen and oxygen atoms in total. The second kappa shape index (κ2) is 4.83. The second-order valence-corrected chi connectivity index (χ2v) is 3.49. The Balaban J connectivity index is 2.34. The van der Waals surface area contributed by atoms with E-state index in [0.717, 1.165) is 11.5 Å². The molecule has 0 saturated carbocycles. The molecule has 1 atom stereocenters. The van der Waals surface area contributed by atoms with E-state index < -0.39 is 0 Å². The summed E-state index contributed by atoms with van der Waals surface area (Å²) in [4.78, 5) is 11.2. The van der Waals surface area contributed by atoms with Gasteiger partial charge in [-0.25, -0.2) is 0 Å². The molecule has 13 heavy (non-hydrogen) atoms. The van der Waals surface area contributed by atoms with Gasteiger partial charge in [0.15, 0.2) is 0 Å². The van der Waals surface area contributed by atoms with E-state index in [1.807, 2.05) is 6.92 Å². The highest BCUT2D eigenvalue weighted by molar-refractivity contribution is 7.09. The predicted octanol–water partition coefficient (Wildman–Crippen LogP) is -0.144. The van der Waals surface area contributed by atoms with Gasteiger partial charge in [-0.1, -0.05) is 16.5 Å². The fourth-order valence-electron chi connectivity index (χ4n) is 0.752. The van der Waals surface area contributed by atoms with Crippen LogP contribution in [0.1, 0.15) is 13.3 Å². The van der Waals surface area contributed by atoms with Crippen LogP contribution in [0.4, 0.5) is 5.13 Å². The third kappa shape index (κ3) is 3.43. The molecule has 0 aliphatic carbocycles. The number of hydrogen-bond acceptors (Lipinski definition) is 6. The number of amides is 1. The van der Waals surface area contributed by atoms with Crippen molar-refractivity contribution in [3.05, 3.63) is 0 Å². The maximum Gasteiger partial charge on any atom is 0.231 e. The SMILES string of the molecule is CC(CN)CC(=O)Nc1nnns1. The summed E-state index contributed by atoms with van der Waals surface area (Å²) in [6, 6.07) is 0. The van der Waals surface area contributed by atoms with Crippen molar-refractivity contribution in [2.45, 2.75) is 13.3 Å². The Morgan fingerprint density at radius 2 is 2.54 bits per heavy atom. The molecule has 0 aliphatic rings. The number of rotatable bonds is 4. The molecular weight excluding hydrogens is 190 g/mol. The van der Waals surface area contributed by atoms with Crippen molar-refractivity contribution >= 4 is 22.6 Å². The number of nitrogens with zero attached hydrogens (tertiary/aromatic N) is 3. The standard InChI is InChI=1S/C6H11N5OS/c1-4(3-7)2-5(12)8-6-9-10-11-13-6/h4H,2-3,7H2,1H3,(H,8,9,11,12). The van der Waals surface area contributed by atoms with Gasteiger partial charge >= 0.3 is 0 Å². The largest absolute Gasteiger partial charge is 0.330 e. The van der Waals surface area contributed by atoms with Crippen molar-refractivity contribution in [2.24, 2.45) is 11.7 Å². The van der Waals surface area contributed by atoms with Crippen LogP contribution in [0.15, 0.2) is 0 Å². The first-order chi connectivity index (χ1) is 6.22. The number of nitrogens with two attached hydrogens (primary N) is 1. The molecule has 0 aromatic carbocycles. The molecule has 7 heteroatoms. The van der Waals surface area contributed by atoms with Crippen LogP contribution in [0, 0.1) is 5.92 Å². The van der Waals surface area contributed by atoms with Crippen molar-refractivity contribution in [1.82, 2.24) is 14.8 Å². The zero-order chi connectivity index (χ0) is 9.68. The molecule has 0 spiro atoms. The molecule has 1 heterocycles. The van der Waals surface area contributed by atoms with E-state index in [-0.39, 0.29) is 11.8 Å². The number of carbonyl (C=O) groups excluding carboxylic acids is 1. The molecule has 72 valence electrons.